The molecule has 0 radical (unpaired) electrons. The van der Waals surface area contributed by atoms with Crippen molar-refractivity contribution < 1.29 is 9.53 Å². The number of ether oxygens (including phenoxy) is 1. The number of nitrogens with one attached hydrogen (secondary N) is 1. The Morgan fingerprint density at radius 1 is 1.30 bits per heavy atom. The highest BCUT2D eigenvalue weighted by Gasteiger charge is 2.23. The summed E-state index contributed by atoms with van der Waals surface area (Å²) in [6.07, 6.45) is 0. The van der Waals surface area contributed by atoms with Crippen molar-refractivity contribution in [2.75, 3.05) is 19.5 Å². The number of hydrogen-bond acceptors (Lipinski definition) is 4. The van der Waals surface area contributed by atoms with E-state index in [1.165, 1.54) is 0 Å². The lowest BCUT2D eigenvalue weighted by Crippen LogP contribution is -2.46. The van der Waals surface area contributed by atoms with Gasteiger partial charge < -0.3 is 15.8 Å². The number of aromatic nitrogens is 1. The molecule has 1 aromatic rings. The lowest BCUT2D eigenvalue weighted by Gasteiger charge is -2.26. The van der Waals surface area contributed by atoms with E-state index in [9.17, 15) is 4.79 Å². The molecular weight excluding hydrogens is 254 g/mol. The minimum absolute atomic E-state index is 0.160. The topological polar surface area (TPSA) is 77.2 Å². The molecule has 0 saturated carbocycles. The van der Waals surface area contributed by atoms with Crippen LogP contribution in [0.5, 0.6) is 0 Å². The van der Waals surface area contributed by atoms with Crippen LogP contribution >= 0.6 is 0 Å². The van der Waals surface area contributed by atoms with E-state index < -0.39 is 5.54 Å². The maximum Gasteiger partial charge on any atom is 0.251 e. The third-order valence-electron chi connectivity index (χ3n) is 2.83. The number of nitrogens with two attached hydrogens (primary N) is 1. The second kappa shape index (κ2) is 5.79. The van der Waals surface area contributed by atoms with E-state index in [1.54, 1.807) is 19.2 Å². The number of carbonyl (C=O) groups excluding carboxylic acids is 1. The predicted octanol–water partition coefficient (Wildman–Crippen LogP) is 2.12. The third kappa shape index (κ3) is 4.49. The maximum atomic E-state index is 12.3. The fraction of sp³-hybridized carbons (Fsp3) is 0.600. The lowest BCUT2D eigenvalue weighted by molar-refractivity contribution is 0.0820. The fourth-order valence-electron chi connectivity index (χ4n) is 1.84. The van der Waals surface area contributed by atoms with E-state index in [1.807, 2.05) is 34.6 Å². The Morgan fingerprint density at radius 2 is 1.90 bits per heavy atom. The average Bonchev–Trinajstić information content (AvgIpc) is 2.26. The molecule has 0 spiro atoms. The zero-order chi connectivity index (χ0) is 15.6. The van der Waals surface area contributed by atoms with Crippen LogP contribution in [0.25, 0.3) is 0 Å². The summed E-state index contributed by atoms with van der Waals surface area (Å²) < 4.78 is 5.09. The summed E-state index contributed by atoms with van der Waals surface area (Å²) >= 11 is 0. The number of nitrogens with zero attached hydrogens (tertiary/aromatic N) is 1. The molecule has 3 N–H and O–H groups in total. The van der Waals surface area contributed by atoms with Crippen molar-refractivity contribution in [1.29, 1.82) is 0 Å². The van der Waals surface area contributed by atoms with Crippen LogP contribution in [0.2, 0.25) is 0 Å². The molecule has 0 atom stereocenters. The quantitative estimate of drug-likeness (QED) is 0.885. The van der Waals surface area contributed by atoms with Gasteiger partial charge in [0.15, 0.2) is 0 Å². The Bertz CT molecular complexity index is 490. The number of amides is 1. The highest BCUT2D eigenvalue weighted by molar-refractivity contribution is 5.95. The summed E-state index contributed by atoms with van der Waals surface area (Å²) in [7, 11) is 1.61. The van der Waals surface area contributed by atoms with Crippen molar-refractivity contribution >= 4 is 11.7 Å². The molecule has 112 valence electrons. The Balaban J connectivity index is 3.02. The first-order chi connectivity index (χ1) is 9.05. The van der Waals surface area contributed by atoms with Gasteiger partial charge in [-0.3, -0.25) is 4.79 Å². The molecule has 0 aliphatic carbocycles. The molecule has 0 aliphatic rings. The maximum absolute atomic E-state index is 12.3. The third-order valence-corrected chi connectivity index (χ3v) is 2.83. The zero-order valence-corrected chi connectivity index (χ0v) is 13.2. The second-order valence-electron chi connectivity index (χ2n) is 6.69. The molecule has 5 nitrogen and oxygen atoms in total. The monoisotopic (exact) mass is 279 g/mol. The highest BCUT2D eigenvalue weighted by atomic mass is 16.5. The van der Waals surface area contributed by atoms with Crippen LogP contribution in [0, 0.1) is 0 Å². The highest BCUT2D eigenvalue weighted by Crippen LogP contribution is 2.22. The molecule has 0 unspecified atom stereocenters. The molecule has 0 bridgehead atoms. The van der Waals surface area contributed by atoms with Crippen molar-refractivity contribution in [3.05, 3.63) is 23.4 Å². The van der Waals surface area contributed by atoms with Gasteiger partial charge in [0.05, 0.1) is 12.1 Å². The van der Waals surface area contributed by atoms with Crippen LogP contribution < -0.4 is 11.1 Å². The summed E-state index contributed by atoms with van der Waals surface area (Å²) in [5.41, 5.74) is 6.52. The van der Waals surface area contributed by atoms with Crippen LogP contribution in [0.15, 0.2) is 12.1 Å². The first kappa shape index (κ1) is 16.4. The van der Waals surface area contributed by atoms with Gasteiger partial charge in [-0.2, -0.15) is 0 Å². The van der Waals surface area contributed by atoms with Crippen molar-refractivity contribution in [3.63, 3.8) is 0 Å². The molecule has 1 rings (SSSR count). The number of anilines is 1. The number of hydrogen-bond donors (Lipinski definition) is 2. The van der Waals surface area contributed by atoms with E-state index >= 15 is 0 Å². The van der Waals surface area contributed by atoms with E-state index in [-0.39, 0.29) is 11.3 Å². The van der Waals surface area contributed by atoms with Gasteiger partial charge in [0, 0.05) is 23.8 Å². The van der Waals surface area contributed by atoms with Crippen LogP contribution in [0.1, 0.15) is 50.7 Å². The molecule has 0 aliphatic heterocycles. The Kier molecular flexibility index (Phi) is 4.76. The summed E-state index contributed by atoms with van der Waals surface area (Å²) in [5, 5.41) is 2.93. The van der Waals surface area contributed by atoms with E-state index in [0.29, 0.717) is 18.0 Å². The molecular formula is C15H25N3O2. The number of methoxy groups -OCH3 is 1. The van der Waals surface area contributed by atoms with Crippen molar-refractivity contribution in [3.8, 4) is 0 Å². The molecule has 1 amide bonds. The largest absolute Gasteiger partial charge is 0.384 e. The van der Waals surface area contributed by atoms with Crippen LogP contribution in [0.3, 0.4) is 0 Å². The Labute approximate surface area is 120 Å². The SMILES string of the molecule is COCC(C)(C)NC(=O)c1cc(N)nc(C(C)(C)C)c1. The number of rotatable bonds is 4. The van der Waals surface area contributed by atoms with E-state index in [0.717, 1.165) is 5.69 Å². The van der Waals surface area contributed by atoms with Gasteiger partial charge in [0.25, 0.3) is 5.91 Å². The number of nitrogen functional groups attached to an aromatic ring is 1. The Morgan fingerprint density at radius 3 is 2.40 bits per heavy atom. The fourth-order valence-corrected chi connectivity index (χ4v) is 1.84. The van der Waals surface area contributed by atoms with Gasteiger partial charge in [-0.25, -0.2) is 4.98 Å². The van der Waals surface area contributed by atoms with Gasteiger partial charge in [-0.15, -0.1) is 0 Å². The van der Waals surface area contributed by atoms with Crippen LogP contribution in [-0.2, 0) is 10.2 Å². The summed E-state index contributed by atoms with van der Waals surface area (Å²) in [4.78, 5) is 16.6. The van der Waals surface area contributed by atoms with Crippen molar-refractivity contribution in [2.45, 2.75) is 45.6 Å². The molecule has 0 saturated heterocycles. The van der Waals surface area contributed by atoms with Crippen molar-refractivity contribution in [2.24, 2.45) is 0 Å². The molecule has 5 heteroatoms. The lowest BCUT2D eigenvalue weighted by atomic mass is 9.90. The van der Waals surface area contributed by atoms with Gasteiger partial charge in [-0.05, 0) is 26.0 Å². The normalized spacial score (nSPS) is 12.3. The number of carbonyl (C=O) groups is 1. The number of pyridine rings is 1. The predicted molar refractivity (Wildman–Crippen MR) is 80.8 cm³/mol. The van der Waals surface area contributed by atoms with Gasteiger partial charge in [-0.1, -0.05) is 20.8 Å². The zero-order valence-electron chi connectivity index (χ0n) is 13.2. The summed E-state index contributed by atoms with van der Waals surface area (Å²) in [6.45, 7) is 10.3. The van der Waals surface area contributed by atoms with E-state index in [4.69, 9.17) is 10.5 Å². The van der Waals surface area contributed by atoms with Crippen molar-refractivity contribution in [1.82, 2.24) is 10.3 Å². The van der Waals surface area contributed by atoms with Crippen LogP contribution in [0.4, 0.5) is 5.82 Å². The van der Waals surface area contributed by atoms with Gasteiger partial charge >= 0.3 is 0 Å². The molecule has 1 heterocycles. The summed E-state index contributed by atoms with van der Waals surface area (Å²) in [6, 6.07) is 3.38. The first-order valence-corrected chi connectivity index (χ1v) is 6.65. The van der Waals surface area contributed by atoms with Gasteiger partial charge in [0.2, 0.25) is 0 Å². The second-order valence-corrected chi connectivity index (χ2v) is 6.69. The van der Waals surface area contributed by atoms with Gasteiger partial charge in [0.1, 0.15) is 5.82 Å². The standard InChI is InChI=1S/C15H25N3O2/c1-14(2,3)11-7-10(8-12(16)17-11)13(19)18-15(4,5)9-20-6/h7-8H,9H2,1-6H3,(H2,16,17)(H,18,19). The van der Waals surface area contributed by atoms with Crippen LogP contribution in [-0.4, -0.2) is 30.1 Å². The molecule has 0 fully saturated rings. The first-order valence-electron chi connectivity index (χ1n) is 6.65. The summed E-state index contributed by atoms with van der Waals surface area (Å²) in [5.74, 6) is 0.179. The molecule has 0 aromatic carbocycles. The minimum atomic E-state index is -0.439. The van der Waals surface area contributed by atoms with E-state index in [2.05, 4.69) is 10.3 Å². The molecule has 20 heavy (non-hydrogen) atoms. The smallest absolute Gasteiger partial charge is 0.251 e. The Hall–Kier alpha value is -1.62. The minimum Gasteiger partial charge on any atom is -0.384 e. The molecule has 1 aromatic heterocycles. The average molecular weight is 279 g/mol.